The number of aliphatic imine (C=N–C) groups is 1. The van der Waals surface area contributed by atoms with Crippen LogP contribution in [0, 0.1) is 0 Å². The standard InChI is InChI=1S/C20H27N3O2/c1-21-20(23-15-17-7-4-3-5-8-17)22-13-6-14-25-16-18-9-11-19(24-2)12-10-18/h3-5,7-12H,6,13-16H2,1-2H3,(H2,21,22,23). The molecule has 0 amide bonds. The van der Waals surface area contributed by atoms with Crippen LogP contribution in [0.2, 0.25) is 0 Å². The number of rotatable bonds is 9. The minimum atomic E-state index is 0.616. The van der Waals surface area contributed by atoms with E-state index in [0.29, 0.717) is 13.2 Å². The molecule has 0 aliphatic heterocycles. The number of nitrogens with one attached hydrogen (secondary N) is 2. The van der Waals surface area contributed by atoms with Crippen LogP contribution in [0.1, 0.15) is 17.5 Å². The van der Waals surface area contributed by atoms with Crippen molar-refractivity contribution in [3.63, 3.8) is 0 Å². The summed E-state index contributed by atoms with van der Waals surface area (Å²) in [6.07, 6.45) is 0.919. The molecule has 0 bridgehead atoms. The number of nitrogens with zero attached hydrogens (tertiary/aromatic N) is 1. The minimum absolute atomic E-state index is 0.616. The Morgan fingerprint density at radius 1 is 0.960 bits per heavy atom. The zero-order valence-electron chi connectivity index (χ0n) is 15.0. The summed E-state index contributed by atoms with van der Waals surface area (Å²) in [5.74, 6) is 1.67. The molecule has 0 spiro atoms. The third kappa shape index (κ3) is 7.27. The van der Waals surface area contributed by atoms with E-state index in [0.717, 1.165) is 36.8 Å². The lowest BCUT2D eigenvalue weighted by molar-refractivity contribution is 0.119. The van der Waals surface area contributed by atoms with Crippen LogP contribution in [-0.2, 0) is 17.9 Å². The largest absolute Gasteiger partial charge is 0.497 e. The monoisotopic (exact) mass is 341 g/mol. The molecule has 0 heterocycles. The van der Waals surface area contributed by atoms with Crippen LogP contribution in [0.25, 0.3) is 0 Å². The molecular formula is C20H27N3O2. The van der Waals surface area contributed by atoms with Crippen molar-refractivity contribution < 1.29 is 9.47 Å². The summed E-state index contributed by atoms with van der Waals surface area (Å²) in [5, 5.41) is 6.60. The van der Waals surface area contributed by atoms with Crippen molar-refractivity contribution in [3.8, 4) is 5.75 Å². The highest BCUT2D eigenvalue weighted by Crippen LogP contribution is 2.11. The van der Waals surface area contributed by atoms with Gasteiger partial charge in [-0.2, -0.15) is 0 Å². The number of hydrogen-bond acceptors (Lipinski definition) is 3. The summed E-state index contributed by atoms with van der Waals surface area (Å²) in [6.45, 7) is 2.89. The highest BCUT2D eigenvalue weighted by Gasteiger charge is 1.98. The first-order valence-electron chi connectivity index (χ1n) is 8.51. The van der Waals surface area contributed by atoms with E-state index in [1.807, 2.05) is 42.5 Å². The summed E-state index contributed by atoms with van der Waals surface area (Å²) in [5.41, 5.74) is 2.38. The van der Waals surface area contributed by atoms with Gasteiger partial charge >= 0.3 is 0 Å². The molecule has 5 nitrogen and oxygen atoms in total. The fourth-order valence-electron chi connectivity index (χ4n) is 2.30. The number of methoxy groups -OCH3 is 1. The fourth-order valence-corrected chi connectivity index (χ4v) is 2.30. The van der Waals surface area contributed by atoms with Gasteiger partial charge < -0.3 is 20.1 Å². The molecule has 0 fully saturated rings. The minimum Gasteiger partial charge on any atom is -0.497 e. The highest BCUT2D eigenvalue weighted by molar-refractivity contribution is 5.79. The van der Waals surface area contributed by atoms with E-state index in [4.69, 9.17) is 9.47 Å². The Balaban J connectivity index is 1.56. The Hall–Kier alpha value is -2.53. The van der Waals surface area contributed by atoms with E-state index in [-0.39, 0.29) is 0 Å². The number of guanidine groups is 1. The van der Waals surface area contributed by atoms with Crippen LogP contribution in [0.15, 0.2) is 59.6 Å². The van der Waals surface area contributed by atoms with E-state index >= 15 is 0 Å². The Morgan fingerprint density at radius 3 is 2.40 bits per heavy atom. The van der Waals surface area contributed by atoms with E-state index in [1.165, 1.54) is 5.56 Å². The normalized spacial score (nSPS) is 11.2. The smallest absolute Gasteiger partial charge is 0.191 e. The van der Waals surface area contributed by atoms with Crippen molar-refractivity contribution in [2.45, 2.75) is 19.6 Å². The Bertz CT molecular complexity index is 627. The highest BCUT2D eigenvalue weighted by atomic mass is 16.5. The molecule has 0 unspecified atom stereocenters. The first kappa shape index (κ1) is 18.8. The van der Waals surface area contributed by atoms with Crippen LogP contribution < -0.4 is 15.4 Å². The van der Waals surface area contributed by atoms with Gasteiger partial charge in [0.1, 0.15) is 5.75 Å². The maximum absolute atomic E-state index is 5.70. The molecule has 0 saturated heterocycles. The molecule has 0 saturated carbocycles. The molecule has 0 aromatic heterocycles. The third-order valence-corrected chi connectivity index (χ3v) is 3.71. The predicted octanol–water partition coefficient (Wildman–Crippen LogP) is 2.97. The zero-order valence-corrected chi connectivity index (χ0v) is 15.0. The average molecular weight is 341 g/mol. The van der Waals surface area contributed by atoms with Gasteiger partial charge in [-0.1, -0.05) is 42.5 Å². The molecule has 0 radical (unpaired) electrons. The lowest BCUT2D eigenvalue weighted by atomic mass is 10.2. The molecule has 2 aromatic carbocycles. The molecule has 134 valence electrons. The lowest BCUT2D eigenvalue weighted by Crippen LogP contribution is -2.37. The summed E-state index contributed by atoms with van der Waals surface area (Å²) in [4.78, 5) is 4.23. The number of ether oxygens (including phenoxy) is 2. The van der Waals surface area contributed by atoms with Crippen LogP contribution in [0.4, 0.5) is 0 Å². The Morgan fingerprint density at radius 2 is 1.72 bits per heavy atom. The van der Waals surface area contributed by atoms with Gasteiger partial charge in [-0.05, 0) is 29.7 Å². The third-order valence-electron chi connectivity index (χ3n) is 3.71. The van der Waals surface area contributed by atoms with Crippen molar-refractivity contribution in [2.24, 2.45) is 4.99 Å². The van der Waals surface area contributed by atoms with Gasteiger partial charge in [-0.15, -0.1) is 0 Å². The molecule has 2 N–H and O–H groups in total. The summed E-state index contributed by atoms with van der Waals surface area (Å²) >= 11 is 0. The second kappa shape index (κ2) is 11.1. The molecule has 25 heavy (non-hydrogen) atoms. The molecule has 0 aliphatic carbocycles. The van der Waals surface area contributed by atoms with Gasteiger partial charge in [0.15, 0.2) is 5.96 Å². The quantitative estimate of drug-likeness (QED) is 0.418. The fraction of sp³-hybridized carbons (Fsp3) is 0.350. The van der Waals surface area contributed by atoms with Gasteiger partial charge in [-0.3, -0.25) is 4.99 Å². The molecule has 5 heteroatoms. The molecule has 0 atom stereocenters. The zero-order chi connectivity index (χ0) is 17.7. The summed E-state index contributed by atoms with van der Waals surface area (Å²) in [7, 11) is 3.45. The van der Waals surface area contributed by atoms with Gasteiger partial charge in [0.25, 0.3) is 0 Å². The van der Waals surface area contributed by atoms with Gasteiger partial charge in [0, 0.05) is 26.7 Å². The second-order valence-electron chi connectivity index (χ2n) is 5.59. The summed E-state index contributed by atoms with van der Waals surface area (Å²) in [6, 6.07) is 18.2. The number of hydrogen-bond donors (Lipinski definition) is 2. The van der Waals surface area contributed by atoms with Crippen molar-refractivity contribution in [2.75, 3.05) is 27.3 Å². The van der Waals surface area contributed by atoms with Crippen LogP contribution in [0.5, 0.6) is 5.75 Å². The van der Waals surface area contributed by atoms with Gasteiger partial charge in [-0.25, -0.2) is 0 Å². The molecular weight excluding hydrogens is 314 g/mol. The Labute approximate surface area is 150 Å². The average Bonchev–Trinajstić information content (AvgIpc) is 2.68. The van der Waals surface area contributed by atoms with Crippen molar-refractivity contribution in [1.82, 2.24) is 10.6 Å². The first-order valence-corrected chi connectivity index (χ1v) is 8.51. The predicted molar refractivity (Wildman–Crippen MR) is 102 cm³/mol. The first-order chi connectivity index (χ1) is 12.3. The van der Waals surface area contributed by atoms with Gasteiger partial charge in [0.2, 0.25) is 0 Å². The van der Waals surface area contributed by atoms with E-state index in [9.17, 15) is 0 Å². The van der Waals surface area contributed by atoms with E-state index in [1.54, 1.807) is 14.2 Å². The SMILES string of the molecule is CN=C(NCCCOCc1ccc(OC)cc1)NCc1ccccc1. The van der Waals surface area contributed by atoms with Crippen LogP contribution in [0.3, 0.4) is 0 Å². The molecule has 0 aliphatic rings. The maximum Gasteiger partial charge on any atom is 0.191 e. The molecule has 2 rings (SSSR count). The second-order valence-corrected chi connectivity index (χ2v) is 5.59. The van der Waals surface area contributed by atoms with Crippen molar-refractivity contribution in [3.05, 3.63) is 65.7 Å². The maximum atomic E-state index is 5.70. The topological polar surface area (TPSA) is 54.9 Å². The summed E-state index contributed by atoms with van der Waals surface area (Å²) < 4.78 is 10.8. The Kier molecular flexibility index (Phi) is 8.35. The van der Waals surface area contributed by atoms with Crippen molar-refractivity contribution in [1.29, 1.82) is 0 Å². The molecule has 2 aromatic rings. The van der Waals surface area contributed by atoms with Crippen molar-refractivity contribution >= 4 is 5.96 Å². The number of benzene rings is 2. The lowest BCUT2D eigenvalue weighted by Gasteiger charge is -2.12. The van der Waals surface area contributed by atoms with Crippen LogP contribution >= 0.6 is 0 Å². The van der Waals surface area contributed by atoms with Gasteiger partial charge in [0.05, 0.1) is 13.7 Å². The van der Waals surface area contributed by atoms with E-state index in [2.05, 4.69) is 27.8 Å². The van der Waals surface area contributed by atoms with Crippen LogP contribution in [-0.4, -0.2) is 33.3 Å². The van der Waals surface area contributed by atoms with E-state index < -0.39 is 0 Å².